The Morgan fingerprint density at radius 2 is 1.69 bits per heavy atom. The van der Waals surface area contributed by atoms with Crippen molar-refractivity contribution in [2.75, 3.05) is 20.6 Å². The van der Waals surface area contributed by atoms with Crippen LogP contribution in [0.15, 0.2) is 48.5 Å². The van der Waals surface area contributed by atoms with Crippen molar-refractivity contribution in [3.8, 4) is 11.8 Å². The van der Waals surface area contributed by atoms with Crippen LogP contribution in [-0.4, -0.2) is 39.9 Å². The van der Waals surface area contributed by atoms with Gasteiger partial charge in [-0.15, -0.1) is 0 Å². The molecule has 0 atom stereocenters. The number of halogens is 1. The van der Waals surface area contributed by atoms with Crippen LogP contribution in [0.2, 0.25) is 0 Å². The first-order chi connectivity index (χ1) is 12.3. The summed E-state index contributed by atoms with van der Waals surface area (Å²) in [6.45, 7) is -0.0398. The first kappa shape index (κ1) is 19.6. The fourth-order valence-corrected chi connectivity index (χ4v) is 3.12. The lowest BCUT2D eigenvalue weighted by atomic mass is 10.1. The van der Waals surface area contributed by atoms with Gasteiger partial charge in [-0.05, 0) is 42.0 Å². The Kier molecular flexibility index (Phi) is 6.50. The molecule has 0 saturated carbocycles. The smallest absolute Gasteiger partial charge is 0.253 e. The first-order valence-corrected chi connectivity index (χ1v) is 9.44. The average Bonchev–Trinajstić information content (AvgIpc) is 2.60. The summed E-state index contributed by atoms with van der Waals surface area (Å²) in [5, 5.41) is 0. The highest BCUT2D eigenvalue weighted by Gasteiger charge is 2.10. The number of hydrogen-bond donors (Lipinski definition) is 1. The Morgan fingerprint density at radius 3 is 2.27 bits per heavy atom. The van der Waals surface area contributed by atoms with Crippen LogP contribution in [0.5, 0.6) is 0 Å². The minimum atomic E-state index is -3.55. The second-order valence-corrected chi connectivity index (χ2v) is 7.59. The van der Waals surface area contributed by atoms with Gasteiger partial charge in [-0.3, -0.25) is 4.79 Å². The molecule has 136 valence electrons. The van der Waals surface area contributed by atoms with Gasteiger partial charge in [-0.1, -0.05) is 24.0 Å². The highest BCUT2D eigenvalue weighted by atomic mass is 32.2. The van der Waals surface area contributed by atoms with E-state index in [9.17, 15) is 17.6 Å². The number of benzene rings is 2. The molecule has 0 fully saturated rings. The van der Waals surface area contributed by atoms with E-state index in [1.54, 1.807) is 38.4 Å². The van der Waals surface area contributed by atoms with Gasteiger partial charge in [0, 0.05) is 25.2 Å². The lowest BCUT2D eigenvalue weighted by Gasteiger charge is -2.09. The molecule has 1 N–H and O–H groups in total. The molecule has 0 spiro atoms. The predicted molar refractivity (Wildman–Crippen MR) is 98.4 cm³/mol. The zero-order chi connectivity index (χ0) is 19.2. The summed E-state index contributed by atoms with van der Waals surface area (Å²) in [6.07, 6.45) is 0. The van der Waals surface area contributed by atoms with E-state index >= 15 is 0 Å². The third-order valence-electron chi connectivity index (χ3n) is 3.42. The van der Waals surface area contributed by atoms with E-state index < -0.39 is 15.8 Å². The van der Waals surface area contributed by atoms with E-state index in [0.717, 1.165) is 0 Å². The van der Waals surface area contributed by atoms with Gasteiger partial charge in [0.25, 0.3) is 5.91 Å². The lowest BCUT2D eigenvalue weighted by molar-refractivity contribution is 0.0827. The minimum Gasteiger partial charge on any atom is -0.345 e. The Labute approximate surface area is 152 Å². The van der Waals surface area contributed by atoms with Gasteiger partial charge in [0.05, 0.1) is 12.3 Å². The van der Waals surface area contributed by atoms with E-state index in [-0.39, 0.29) is 18.2 Å². The van der Waals surface area contributed by atoms with Gasteiger partial charge < -0.3 is 4.90 Å². The van der Waals surface area contributed by atoms with Crippen molar-refractivity contribution >= 4 is 15.9 Å². The van der Waals surface area contributed by atoms with Crippen molar-refractivity contribution in [2.45, 2.75) is 5.75 Å². The Hall–Kier alpha value is -2.69. The normalized spacial score (nSPS) is 10.7. The topological polar surface area (TPSA) is 66.5 Å². The number of rotatable bonds is 5. The van der Waals surface area contributed by atoms with Crippen LogP contribution >= 0.6 is 0 Å². The van der Waals surface area contributed by atoms with Gasteiger partial charge in [0.15, 0.2) is 0 Å². The molecule has 0 aliphatic heterocycles. The summed E-state index contributed by atoms with van der Waals surface area (Å²) < 4.78 is 39.1. The fraction of sp³-hybridized carbons (Fsp3) is 0.211. The van der Waals surface area contributed by atoms with Crippen LogP contribution in [0.1, 0.15) is 21.5 Å². The molecule has 0 radical (unpaired) electrons. The van der Waals surface area contributed by atoms with Crippen molar-refractivity contribution in [1.29, 1.82) is 0 Å². The molecule has 2 aromatic carbocycles. The maximum Gasteiger partial charge on any atom is 0.253 e. The quantitative estimate of drug-likeness (QED) is 0.814. The summed E-state index contributed by atoms with van der Waals surface area (Å²) in [4.78, 5) is 13.3. The SMILES string of the molecule is CN(C)C(=O)c1ccc(C#CCNS(=O)(=O)Cc2ccc(F)cc2)cc1. The molecule has 0 saturated heterocycles. The highest BCUT2D eigenvalue weighted by Crippen LogP contribution is 2.07. The Bertz CT molecular complexity index is 925. The van der Waals surface area contributed by atoms with Gasteiger partial charge in [-0.25, -0.2) is 17.5 Å². The second-order valence-electron chi connectivity index (χ2n) is 5.79. The summed E-state index contributed by atoms with van der Waals surface area (Å²) in [5.41, 5.74) is 1.73. The van der Waals surface area contributed by atoms with Crippen LogP contribution < -0.4 is 4.72 Å². The summed E-state index contributed by atoms with van der Waals surface area (Å²) in [5.74, 6) is 4.81. The molecule has 0 aliphatic rings. The minimum absolute atomic E-state index is 0.0398. The molecule has 7 heteroatoms. The van der Waals surface area contributed by atoms with Crippen molar-refractivity contribution < 1.29 is 17.6 Å². The van der Waals surface area contributed by atoms with Crippen LogP contribution in [0.3, 0.4) is 0 Å². The summed E-state index contributed by atoms with van der Waals surface area (Å²) in [7, 11) is -0.205. The number of nitrogens with zero attached hydrogens (tertiary/aromatic N) is 1. The zero-order valence-corrected chi connectivity index (χ0v) is 15.3. The van der Waals surface area contributed by atoms with Crippen LogP contribution in [0.4, 0.5) is 4.39 Å². The molecule has 2 aromatic rings. The number of nitrogens with one attached hydrogen (secondary N) is 1. The maximum absolute atomic E-state index is 12.8. The van der Waals surface area contributed by atoms with Gasteiger partial charge >= 0.3 is 0 Å². The van der Waals surface area contributed by atoms with E-state index in [1.165, 1.54) is 29.2 Å². The Morgan fingerprint density at radius 1 is 1.08 bits per heavy atom. The van der Waals surface area contributed by atoms with Gasteiger partial charge in [0.2, 0.25) is 10.0 Å². The zero-order valence-electron chi connectivity index (χ0n) is 14.5. The van der Waals surface area contributed by atoms with E-state index in [4.69, 9.17) is 0 Å². The molecular formula is C19H19FN2O3S. The predicted octanol–water partition coefficient (Wildman–Crippen LogP) is 2.00. The molecule has 0 aliphatic carbocycles. The first-order valence-electron chi connectivity index (χ1n) is 7.79. The molecule has 1 amide bonds. The van der Waals surface area contributed by atoms with E-state index in [1.807, 2.05) is 0 Å². The molecule has 0 bridgehead atoms. The third kappa shape index (κ3) is 5.99. The molecule has 0 unspecified atom stereocenters. The molecule has 2 rings (SSSR count). The van der Waals surface area contributed by atoms with Crippen molar-refractivity contribution in [1.82, 2.24) is 9.62 Å². The van der Waals surface area contributed by atoms with Crippen LogP contribution in [-0.2, 0) is 15.8 Å². The average molecular weight is 374 g/mol. The molecule has 0 heterocycles. The van der Waals surface area contributed by atoms with Crippen molar-refractivity contribution in [2.24, 2.45) is 0 Å². The number of hydrogen-bond acceptors (Lipinski definition) is 3. The van der Waals surface area contributed by atoms with Crippen LogP contribution in [0, 0.1) is 17.7 Å². The fourth-order valence-electron chi connectivity index (χ4n) is 2.10. The van der Waals surface area contributed by atoms with Crippen molar-refractivity contribution in [3.05, 3.63) is 71.0 Å². The van der Waals surface area contributed by atoms with Crippen LogP contribution in [0.25, 0.3) is 0 Å². The summed E-state index contributed by atoms with van der Waals surface area (Å²) in [6, 6.07) is 12.0. The van der Waals surface area contributed by atoms with E-state index in [2.05, 4.69) is 16.6 Å². The Balaban J connectivity index is 1.91. The van der Waals surface area contributed by atoms with E-state index in [0.29, 0.717) is 16.7 Å². The standard InChI is InChI=1S/C19H19FN2O3S/c1-22(2)19(23)17-9-5-15(6-10-17)4-3-13-21-26(24,25)14-16-7-11-18(20)12-8-16/h5-12,21H,13-14H2,1-2H3. The number of sulfonamides is 1. The molecule has 0 aromatic heterocycles. The molecule has 5 nitrogen and oxygen atoms in total. The largest absolute Gasteiger partial charge is 0.345 e. The van der Waals surface area contributed by atoms with Gasteiger partial charge in [0.1, 0.15) is 5.82 Å². The highest BCUT2D eigenvalue weighted by molar-refractivity contribution is 7.88. The van der Waals surface area contributed by atoms with Crippen molar-refractivity contribution in [3.63, 3.8) is 0 Å². The monoisotopic (exact) mass is 374 g/mol. The summed E-state index contributed by atoms with van der Waals surface area (Å²) >= 11 is 0. The number of carbonyl (C=O) groups excluding carboxylic acids is 1. The third-order valence-corrected chi connectivity index (χ3v) is 4.72. The molecule has 26 heavy (non-hydrogen) atoms. The lowest BCUT2D eigenvalue weighted by Crippen LogP contribution is -2.25. The maximum atomic E-state index is 12.8. The van der Waals surface area contributed by atoms with Gasteiger partial charge in [-0.2, -0.15) is 0 Å². The second kappa shape index (κ2) is 8.61. The molecular weight excluding hydrogens is 355 g/mol. The number of amides is 1. The number of carbonyl (C=O) groups is 1.